The number of aromatic nitrogens is 1. The molecule has 0 radical (unpaired) electrons. The lowest BCUT2D eigenvalue weighted by Crippen LogP contribution is -2.34. The van der Waals surface area contributed by atoms with Crippen LogP contribution in [-0.4, -0.2) is 16.0 Å². The van der Waals surface area contributed by atoms with Gasteiger partial charge < -0.3 is 5.32 Å². The van der Waals surface area contributed by atoms with E-state index in [1.165, 1.54) is 11.1 Å². The van der Waals surface area contributed by atoms with Crippen molar-refractivity contribution in [2.24, 2.45) is 0 Å². The summed E-state index contributed by atoms with van der Waals surface area (Å²) in [5.41, 5.74) is 3.79. The van der Waals surface area contributed by atoms with Gasteiger partial charge in [-0.3, -0.25) is 15.1 Å². The van der Waals surface area contributed by atoms with Crippen molar-refractivity contribution in [2.75, 3.05) is 5.32 Å². The summed E-state index contributed by atoms with van der Waals surface area (Å²) in [5.74, 6) is -0.234. The first kappa shape index (κ1) is 18.8. The zero-order valence-electron chi connectivity index (χ0n) is 15.6. The van der Waals surface area contributed by atoms with Crippen LogP contribution in [0, 0.1) is 0 Å². The van der Waals surface area contributed by atoms with Crippen molar-refractivity contribution < 1.29 is 4.79 Å². The van der Waals surface area contributed by atoms with E-state index in [0.717, 1.165) is 22.9 Å². The molecular weight excluding hydrogens is 378 g/mol. The average Bonchev–Trinajstić information content (AvgIpc) is 2.75. The fraction of sp³-hybridized carbons (Fsp3) is 0.0417. The van der Waals surface area contributed by atoms with E-state index in [0.29, 0.717) is 5.56 Å². The zero-order valence-corrected chi connectivity index (χ0v) is 16.4. The number of anilines is 1. The molecule has 29 heavy (non-hydrogen) atoms. The van der Waals surface area contributed by atoms with Crippen LogP contribution in [0.5, 0.6) is 0 Å². The van der Waals surface area contributed by atoms with E-state index in [-0.39, 0.29) is 11.0 Å². The molecule has 3 aromatic carbocycles. The van der Waals surface area contributed by atoms with Gasteiger partial charge >= 0.3 is 0 Å². The van der Waals surface area contributed by atoms with Gasteiger partial charge in [0.1, 0.15) is 0 Å². The number of thiocarbonyl (C=S) groups is 1. The van der Waals surface area contributed by atoms with E-state index in [2.05, 4.69) is 15.6 Å². The number of rotatable bonds is 4. The lowest BCUT2D eigenvalue weighted by atomic mass is 10.1. The highest BCUT2D eigenvalue weighted by Crippen LogP contribution is 2.16. The first-order valence-electron chi connectivity index (χ1n) is 9.26. The van der Waals surface area contributed by atoms with Crippen molar-refractivity contribution in [3.63, 3.8) is 0 Å². The summed E-state index contributed by atoms with van der Waals surface area (Å²) in [6.45, 7) is 0. The van der Waals surface area contributed by atoms with Gasteiger partial charge in [0.15, 0.2) is 5.11 Å². The van der Waals surface area contributed by atoms with Crippen LogP contribution in [0.25, 0.3) is 10.8 Å². The van der Waals surface area contributed by atoms with Crippen LogP contribution in [0.4, 0.5) is 5.69 Å². The molecule has 1 amide bonds. The molecule has 2 N–H and O–H groups in total. The van der Waals surface area contributed by atoms with E-state index in [1.54, 1.807) is 18.5 Å². The quantitative estimate of drug-likeness (QED) is 0.478. The van der Waals surface area contributed by atoms with Crippen LogP contribution < -0.4 is 10.6 Å². The monoisotopic (exact) mass is 397 g/mol. The molecule has 4 nitrogen and oxygen atoms in total. The second-order valence-electron chi connectivity index (χ2n) is 6.70. The van der Waals surface area contributed by atoms with Crippen molar-refractivity contribution in [3.05, 3.63) is 108 Å². The molecule has 0 aliphatic carbocycles. The summed E-state index contributed by atoms with van der Waals surface area (Å²) >= 11 is 5.30. The molecule has 142 valence electrons. The van der Waals surface area contributed by atoms with Gasteiger partial charge in [-0.2, -0.15) is 0 Å². The van der Waals surface area contributed by atoms with Gasteiger partial charge in [-0.1, -0.05) is 42.5 Å². The Morgan fingerprint density at radius 2 is 1.52 bits per heavy atom. The molecule has 4 rings (SSSR count). The Bertz CT molecular complexity index is 1160. The number of benzene rings is 3. The number of hydrogen-bond donors (Lipinski definition) is 2. The molecule has 1 heterocycles. The molecule has 0 saturated heterocycles. The molecule has 0 spiro atoms. The smallest absolute Gasteiger partial charge is 0.257 e. The van der Waals surface area contributed by atoms with Crippen molar-refractivity contribution in [1.82, 2.24) is 10.3 Å². The van der Waals surface area contributed by atoms with Gasteiger partial charge in [0.25, 0.3) is 5.91 Å². The second-order valence-corrected chi connectivity index (χ2v) is 7.11. The number of pyridine rings is 1. The SMILES string of the molecule is O=C(NC(=S)Nc1ccc(Cc2ccncc2)cc1)c1ccc2ccccc2c1. The van der Waals surface area contributed by atoms with Crippen LogP contribution in [0.15, 0.2) is 91.3 Å². The zero-order chi connectivity index (χ0) is 20.1. The van der Waals surface area contributed by atoms with E-state index >= 15 is 0 Å². The standard InChI is InChI=1S/C24H19N3OS/c28-23(21-8-7-19-3-1-2-4-20(19)16-21)27-24(29)26-22-9-5-17(6-10-22)15-18-11-13-25-14-12-18/h1-14,16H,15H2,(H2,26,27,28,29). The maximum atomic E-state index is 12.5. The number of nitrogens with zero attached hydrogens (tertiary/aromatic N) is 1. The predicted octanol–water partition coefficient (Wildman–Crippen LogP) is 4.95. The summed E-state index contributed by atoms with van der Waals surface area (Å²) < 4.78 is 0. The molecule has 0 unspecified atom stereocenters. The summed E-state index contributed by atoms with van der Waals surface area (Å²) in [7, 11) is 0. The molecule has 0 fully saturated rings. The van der Waals surface area contributed by atoms with E-state index in [1.807, 2.05) is 72.8 Å². The molecule has 5 heteroatoms. The Labute approximate surface area is 174 Å². The summed E-state index contributed by atoms with van der Waals surface area (Å²) in [5, 5.41) is 8.18. The maximum Gasteiger partial charge on any atom is 0.257 e. The average molecular weight is 398 g/mol. The van der Waals surface area contributed by atoms with E-state index in [4.69, 9.17) is 12.2 Å². The molecule has 0 aliphatic rings. The maximum absolute atomic E-state index is 12.5. The second kappa shape index (κ2) is 8.63. The molecule has 0 atom stereocenters. The van der Waals surface area contributed by atoms with Crippen LogP contribution in [0.2, 0.25) is 0 Å². The summed E-state index contributed by atoms with van der Waals surface area (Å²) in [4.78, 5) is 16.5. The lowest BCUT2D eigenvalue weighted by Gasteiger charge is -2.11. The Hall–Kier alpha value is -3.57. The molecular formula is C24H19N3OS. The van der Waals surface area contributed by atoms with Crippen molar-refractivity contribution in [2.45, 2.75) is 6.42 Å². The molecule has 0 saturated carbocycles. The first-order valence-corrected chi connectivity index (χ1v) is 9.67. The number of nitrogens with one attached hydrogen (secondary N) is 2. The van der Waals surface area contributed by atoms with Gasteiger partial charge in [0, 0.05) is 23.6 Å². The third-order valence-electron chi connectivity index (χ3n) is 4.61. The third-order valence-corrected chi connectivity index (χ3v) is 4.81. The van der Waals surface area contributed by atoms with Gasteiger partial charge in [-0.25, -0.2) is 0 Å². The Balaban J connectivity index is 1.36. The van der Waals surface area contributed by atoms with Gasteiger partial charge in [-0.15, -0.1) is 0 Å². The molecule has 4 aromatic rings. The van der Waals surface area contributed by atoms with E-state index < -0.39 is 0 Å². The van der Waals surface area contributed by atoms with Crippen LogP contribution in [-0.2, 0) is 6.42 Å². The molecule has 0 aliphatic heterocycles. The largest absolute Gasteiger partial charge is 0.332 e. The topological polar surface area (TPSA) is 54.0 Å². The highest BCUT2D eigenvalue weighted by Gasteiger charge is 2.09. The minimum absolute atomic E-state index is 0.234. The first-order chi connectivity index (χ1) is 14.2. The summed E-state index contributed by atoms with van der Waals surface area (Å²) in [6, 6.07) is 25.5. The van der Waals surface area contributed by atoms with E-state index in [9.17, 15) is 4.79 Å². The number of carbonyl (C=O) groups excluding carboxylic acids is 1. The van der Waals surface area contributed by atoms with Crippen LogP contribution in [0.1, 0.15) is 21.5 Å². The Kier molecular flexibility index (Phi) is 5.59. The Morgan fingerprint density at radius 3 is 2.28 bits per heavy atom. The van der Waals surface area contributed by atoms with Crippen LogP contribution >= 0.6 is 12.2 Å². The Morgan fingerprint density at radius 1 is 0.828 bits per heavy atom. The lowest BCUT2D eigenvalue weighted by molar-refractivity contribution is 0.0978. The number of hydrogen-bond acceptors (Lipinski definition) is 3. The fourth-order valence-corrected chi connectivity index (χ4v) is 3.32. The van der Waals surface area contributed by atoms with Crippen molar-refractivity contribution in [3.8, 4) is 0 Å². The van der Waals surface area contributed by atoms with Crippen molar-refractivity contribution >= 4 is 39.7 Å². The predicted molar refractivity (Wildman–Crippen MR) is 121 cm³/mol. The van der Waals surface area contributed by atoms with Gasteiger partial charge in [-0.05, 0) is 76.9 Å². The van der Waals surface area contributed by atoms with Crippen molar-refractivity contribution in [1.29, 1.82) is 0 Å². The van der Waals surface area contributed by atoms with Crippen LogP contribution in [0.3, 0.4) is 0 Å². The van der Waals surface area contributed by atoms with Gasteiger partial charge in [0.05, 0.1) is 0 Å². The normalized spacial score (nSPS) is 10.5. The van der Waals surface area contributed by atoms with Gasteiger partial charge in [0.2, 0.25) is 0 Å². The molecule has 1 aromatic heterocycles. The minimum atomic E-state index is -0.234. The highest BCUT2D eigenvalue weighted by atomic mass is 32.1. The number of fused-ring (bicyclic) bond motifs is 1. The summed E-state index contributed by atoms with van der Waals surface area (Å²) in [6.07, 6.45) is 4.43. The molecule has 0 bridgehead atoms. The minimum Gasteiger partial charge on any atom is -0.332 e. The number of carbonyl (C=O) groups is 1. The highest BCUT2D eigenvalue weighted by molar-refractivity contribution is 7.80. The fourth-order valence-electron chi connectivity index (χ4n) is 3.11. The number of amides is 1. The third kappa shape index (κ3) is 4.83.